The van der Waals surface area contributed by atoms with Crippen molar-refractivity contribution >= 4 is 11.9 Å². The van der Waals surface area contributed by atoms with Crippen molar-refractivity contribution in [1.82, 2.24) is 5.32 Å². The summed E-state index contributed by atoms with van der Waals surface area (Å²) in [6.45, 7) is 0.473. The Balaban J connectivity index is 1.42. The van der Waals surface area contributed by atoms with Crippen LogP contribution in [0.2, 0.25) is 0 Å². The molecule has 4 atom stereocenters. The molecule has 2 aromatic carbocycles. The van der Waals surface area contributed by atoms with Crippen LogP contribution in [-0.4, -0.2) is 30.6 Å². The van der Waals surface area contributed by atoms with Crippen LogP contribution in [-0.2, 0) is 14.3 Å². The third-order valence-corrected chi connectivity index (χ3v) is 5.98. The van der Waals surface area contributed by atoms with Crippen LogP contribution in [0.5, 0.6) is 0 Å². The molecule has 0 unspecified atom stereocenters. The highest BCUT2D eigenvalue weighted by atomic mass is 16.5. The minimum absolute atomic E-state index is 0.163. The van der Waals surface area contributed by atoms with Gasteiger partial charge in [0.25, 0.3) is 0 Å². The highest BCUT2D eigenvalue weighted by Crippen LogP contribution is 2.43. The first-order valence-corrected chi connectivity index (χ1v) is 9.89. The lowest BCUT2D eigenvalue weighted by molar-refractivity contribution is -0.314. The number of benzene rings is 2. The van der Waals surface area contributed by atoms with Gasteiger partial charge < -0.3 is 20.0 Å². The number of aliphatic carboxylic acids is 1. The van der Waals surface area contributed by atoms with Crippen molar-refractivity contribution in [3.05, 3.63) is 71.8 Å². The normalized spacial score (nSPS) is 25.8. The molecule has 5 nitrogen and oxygen atoms in total. The van der Waals surface area contributed by atoms with Gasteiger partial charge in [-0.3, -0.25) is 4.79 Å². The first-order valence-electron chi connectivity index (χ1n) is 9.89. The second-order valence-electron chi connectivity index (χ2n) is 7.61. The van der Waals surface area contributed by atoms with E-state index in [1.54, 1.807) is 0 Å². The maximum absolute atomic E-state index is 12.7. The number of carbonyl (C=O) groups is 2. The number of carbonyl (C=O) groups excluding carboxylic acids is 2. The van der Waals surface area contributed by atoms with Gasteiger partial charge in [-0.15, -0.1) is 0 Å². The van der Waals surface area contributed by atoms with E-state index in [0.717, 1.165) is 12.8 Å². The third kappa shape index (κ3) is 3.67. The Bertz CT molecular complexity index is 784. The molecule has 2 fully saturated rings. The van der Waals surface area contributed by atoms with Crippen LogP contribution < -0.4 is 10.4 Å². The first-order chi connectivity index (χ1) is 13.6. The van der Waals surface area contributed by atoms with E-state index in [4.69, 9.17) is 4.74 Å². The number of carboxylic acid groups (broad SMARTS) is 1. The maximum Gasteiger partial charge on any atom is 0.226 e. The van der Waals surface area contributed by atoms with Gasteiger partial charge in [-0.05, 0) is 30.4 Å². The second kappa shape index (κ2) is 8.15. The fraction of sp³-hybridized carbons (Fsp3) is 0.391. The molecule has 2 aromatic rings. The van der Waals surface area contributed by atoms with Crippen molar-refractivity contribution < 1.29 is 19.4 Å². The number of nitrogens with one attached hydrogen (secondary N) is 1. The standard InChI is InChI=1S/C23H25NO4/c25-22(20-18-11-12-19(28-18)21(20)23(26)27)24-14-13-17(15-7-3-1-4-8-15)16-9-5-2-6-10-16/h1-10,17-21H,11-14H2,(H,24,25)(H,26,27)/p-1/t18-,19+,20-,21+/m1/s1. The summed E-state index contributed by atoms with van der Waals surface area (Å²) in [6, 6.07) is 20.4. The van der Waals surface area contributed by atoms with Crippen LogP contribution >= 0.6 is 0 Å². The van der Waals surface area contributed by atoms with E-state index in [0.29, 0.717) is 13.0 Å². The van der Waals surface area contributed by atoms with Gasteiger partial charge in [-0.1, -0.05) is 60.7 Å². The SMILES string of the molecule is O=C([O-])[C@@H]1[C@H](C(=O)NCCC(c2ccccc2)c2ccccc2)[C@H]2CC[C@@H]1O2. The van der Waals surface area contributed by atoms with Crippen molar-refractivity contribution in [2.24, 2.45) is 11.8 Å². The number of carboxylic acids is 1. The van der Waals surface area contributed by atoms with Gasteiger partial charge >= 0.3 is 0 Å². The molecule has 2 aliphatic heterocycles. The Morgan fingerprint density at radius 2 is 1.46 bits per heavy atom. The van der Waals surface area contributed by atoms with Crippen LogP contribution in [0.25, 0.3) is 0 Å². The van der Waals surface area contributed by atoms with E-state index < -0.39 is 17.8 Å². The summed E-state index contributed by atoms with van der Waals surface area (Å²) >= 11 is 0. The van der Waals surface area contributed by atoms with Gasteiger partial charge in [-0.2, -0.15) is 0 Å². The van der Waals surface area contributed by atoms with E-state index in [1.807, 2.05) is 36.4 Å². The Hall–Kier alpha value is -2.66. The van der Waals surface area contributed by atoms with Crippen molar-refractivity contribution in [2.45, 2.75) is 37.4 Å². The predicted octanol–water partition coefficient (Wildman–Crippen LogP) is 1.87. The fourth-order valence-electron chi connectivity index (χ4n) is 4.66. The summed E-state index contributed by atoms with van der Waals surface area (Å²) in [7, 11) is 0. The van der Waals surface area contributed by atoms with Gasteiger partial charge in [0.1, 0.15) is 0 Å². The second-order valence-corrected chi connectivity index (χ2v) is 7.61. The quantitative estimate of drug-likeness (QED) is 0.798. The van der Waals surface area contributed by atoms with Gasteiger partial charge in [-0.25, -0.2) is 0 Å². The van der Waals surface area contributed by atoms with Crippen LogP contribution in [0.15, 0.2) is 60.7 Å². The average Bonchev–Trinajstić information content (AvgIpc) is 3.34. The number of ether oxygens (including phenoxy) is 1. The van der Waals surface area contributed by atoms with E-state index in [1.165, 1.54) is 11.1 Å². The monoisotopic (exact) mass is 378 g/mol. The van der Waals surface area contributed by atoms with Gasteiger partial charge in [0.2, 0.25) is 5.91 Å². The van der Waals surface area contributed by atoms with Crippen LogP contribution in [0.1, 0.15) is 36.3 Å². The predicted molar refractivity (Wildman–Crippen MR) is 102 cm³/mol. The largest absolute Gasteiger partial charge is 0.550 e. The summed E-state index contributed by atoms with van der Waals surface area (Å²) < 4.78 is 5.66. The van der Waals surface area contributed by atoms with Crippen LogP contribution in [0.4, 0.5) is 0 Å². The van der Waals surface area contributed by atoms with Crippen molar-refractivity contribution in [3.8, 4) is 0 Å². The molecule has 0 radical (unpaired) electrons. The van der Waals surface area contributed by atoms with Crippen LogP contribution in [0.3, 0.4) is 0 Å². The molecule has 2 aliphatic rings. The third-order valence-electron chi connectivity index (χ3n) is 5.98. The Morgan fingerprint density at radius 1 is 0.929 bits per heavy atom. The molecular weight excluding hydrogens is 354 g/mol. The number of hydrogen-bond acceptors (Lipinski definition) is 4. The van der Waals surface area contributed by atoms with Gasteiger partial charge in [0, 0.05) is 24.3 Å². The molecule has 0 saturated carbocycles. The first kappa shape index (κ1) is 18.7. The smallest absolute Gasteiger partial charge is 0.226 e. The molecule has 0 spiro atoms. The van der Waals surface area contributed by atoms with Crippen LogP contribution in [0, 0.1) is 11.8 Å². The van der Waals surface area contributed by atoms with E-state index in [2.05, 4.69) is 29.6 Å². The number of rotatable bonds is 7. The Morgan fingerprint density at radius 3 is 2.00 bits per heavy atom. The van der Waals surface area contributed by atoms with E-state index >= 15 is 0 Å². The minimum Gasteiger partial charge on any atom is -0.550 e. The molecule has 1 amide bonds. The molecule has 5 heteroatoms. The minimum atomic E-state index is -1.18. The van der Waals surface area contributed by atoms with E-state index in [9.17, 15) is 14.7 Å². The van der Waals surface area contributed by atoms with E-state index in [-0.39, 0.29) is 24.0 Å². The fourth-order valence-corrected chi connectivity index (χ4v) is 4.66. The summed E-state index contributed by atoms with van der Waals surface area (Å²) in [6.07, 6.45) is 1.48. The molecule has 0 aromatic heterocycles. The molecule has 2 saturated heterocycles. The molecule has 0 aliphatic carbocycles. The summed E-state index contributed by atoms with van der Waals surface area (Å²) in [5, 5.41) is 14.4. The van der Waals surface area contributed by atoms with Gasteiger partial charge in [0.15, 0.2) is 0 Å². The number of amides is 1. The highest BCUT2D eigenvalue weighted by Gasteiger charge is 2.52. The average molecular weight is 378 g/mol. The lowest BCUT2D eigenvalue weighted by atomic mass is 9.78. The molecule has 28 heavy (non-hydrogen) atoms. The summed E-state index contributed by atoms with van der Waals surface area (Å²) in [5.41, 5.74) is 2.39. The molecule has 2 heterocycles. The van der Waals surface area contributed by atoms with Crippen molar-refractivity contribution in [3.63, 3.8) is 0 Å². The zero-order chi connectivity index (χ0) is 19.5. The molecule has 2 bridgehead atoms. The lowest BCUT2D eigenvalue weighted by Crippen LogP contribution is -2.48. The topological polar surface area (TPSA) is 78.5 Å². The molecule has 4 rings (SSSR count). The lowest BCUT2D eigenvalue weighted by Gasteiger charge is -2.28. The highest BCUT2D eigenvalue weighted by molar-refractivity contribution is 5.86. The number of hydrogen-bond donors (Lipinski definition) is 1. The van der Waals surface area contributed by atoms with Crippen molar-refractivity contribution in [1.29, 1.82) is 0 Å². The maximum atomic E-state index is 12.7. The van der Waals surface area contributed by atoms with Crippen molar-refractivity contribution in [2.75, 3.05) is 6.54 Å². The zero-order valence-electron chi connectivity index (χ0n) is 15.6. The zero-order valence-corrected chi connectivity index (χ0v) is 15.6. The molecular formula is C23H24NO4-. The Labute approximate surface area is 164 Å². The summed E-state index contributed by atoms with van der Waals surface area (Å²) in [4.78, 5) is 24.2. The molecule has 146 valence electrons. The number of fused-ring (bicyclic) bond motifs is 2. The molecule has 1 N–H and O–H groups in total. The van der Waals surface area contributed by atoms with Gasteiger partial charge in [0.05, 0.1) is 18.1 Å². The summed E-state index contributed by atoms with van der Waals surface area (Å²) in [5.74, 6) is -2.73. The Kier molecular flexibility index (Phi) is 5.44.